The van der Waals surface area contributed by atoms with E-state index in [1.54, 1.807) is 24.6 Å². The molecule has 4 rings (SSSR count). The molecule has 3 heterocycles. The quantitative estimate of drug-likeness (QED) is 0.802. The van der Waals surface area contributed by atoms with Crippen LogP contribution in [0.25, 0.3) is 21.0 Å². The second kappa shape index (κ2) is 5.70. The van der Waals surface area contributed by atoms with E-state index in [4.69, 9.17) is 14.5 Å². The molecule has 0 bridgehead atoms. The first-order valence-electron chi connectivity index (χ1n) is 7.41. The van der Waals surface area contributed by atoms with Gasteiger partial charge in [0.25, 0.3) is 0 Å². The molecule has 6 heteroatoms. The fourth-order valence-corrected chi connectivity index (χ4v) is 4.12. The number of benzene rings is 1. The van der Waals surface area contributed by atoms with Gasteiger partial charge in [-0.3, -0.25) is 0 Å². The average molecular weight is 315 g/mol. The van der Waals surface area contributed by atoms with E-state index in [2.05, 4.69) is 16.0 Å². The minimum Gasteiger partial charge on any atom is -0.494 e. The Hall–Kier alpha value is -1.92. The summed E-state index contributed by atoms with van der Waals surface area (Å²) in [7, 11) is 1.69. The summed E-state index contributed by atoms with van der Waals surface area (Å²) in [6, 6.07) is 4.21. The highest BCUT2D eigenvalue weighted by Gasteiger charge is 2.22. The molecule has 0 radical (unpaired) electrons. The number of imidazole rings is 1. The van der Waals surface area contributed by atoms with Crippen molar-refractivity contribution in [2.75, 3.05) is 20.3 Å². The molecule has 1 aromatic carbocycles. The fourth-order valence-electron chi connectivity index (χ4n) is 2.98. The van der Waals surface area contributed by atoms with Gasteiger partial charge in [-0.2, -0.15) is 0 Å². The van der Waals surface area contributed by atoms with E-state index in [0.717, 1.165) is 48.2 Å². The van der Waals surface area contributed by atoms with Crippen LogP contribution in [0.5, 0.6) is 5.75 Å². The zero-order valence-corrected chi connectivity index (χ0v) is 13.2. The number of hydrogen-bond donors (Lipinski definition) is 1. The van der Waals surface area contributed by atoms with Crippen LogP contribution in [0.3, 0.4) is 0 Å². The van der Waals surface area contributed by atoms with Crippen LogP contribution < -0.4 is 4.74 Å². The molecule has 1 N–H and O–H groups in total. The van der Waals surface area contributed by atoms with Gasteiger partial charge in [-0.1, -0.05) is 6.07 Å². The Balaban J connectivity index is 1.87. The summed E-state index contributed by atoms with van der Waals surface area (Å²) in [6.07, 6.45) is 5.70. The Morgan fingerprint density at radius 2 is 2.18 bits per heavy atom. The first-order chi connectivity index (χ1) is 10.9. The average Bonchev–Trinajstić information content (AvgIpc) is 3.23. The van der Waals surface area contributed by atoms with Gasteiger partial charge in [-0.05, 0) is 30.4 Å². The zero-order chi connectivity index (χ0) is 14.9. The number of ether oxygens (including phenoxy) is 2. The summed E-state index contributed by atoms with van der Waals surface area (Å²) < 4.78 is 12.2. The normalized spacial score (nSPS) is 16.2. The number of thiazole rings is 1. The van der Waals surface area contributed by atoms with Crippen molar-refractivity contribution in [3.63, 3.8) is 0 Å². The van der Waals surface area contributed by atoms with Crippen LogP contribution in [0.1, 0.15) is 24.3 Å². The Morgan fingerprint density at radius 3 is 2.91 bits per heavy atom. The Bertz CT molecular complexity index is 776. The van der Waals surface area contributed by atoms with Gasteiger partial charge in [0.1, 0.15) is 11.3 Å². The summed E-state index contributed by atoms with van der Waals surface area (Å²) in [5, 5.41) is 0.901. The molecule has 0 unspecified atom stereocenters. The van der Waals surface area contributed by atoms with E-state index >= 15 is 0 Å². The lowest BCUT2D eigenvalue weighted by molar-refractivity contribution is 0.0856. The molecule has 22 heavy (non-hydrogen) atoms. The van der Waals surface area contributed by atoms with Gasteiger partial charge >= 0.3 is 0 Å². The first-order valence-corrected chi connectivity index (χ1v) is 8.23. The molecule has 1 saturated heterocycles. The number of methoxy groups -OCH3 is 1. The molecule has 2 aromatic heterocycles. The molecule has 0 aliphatic carbocycles. The monoisotopic (exact) mass is 315 g/mol. The number of aromatic nitrogens is 3. The Labute approximate surface area is 132 Å². The first kappa shape index (κ1) is 13.7. The lowest BCUT2D eigenvalue weighted by Gasteiger charge is -2.23. The largest absolute Gasteiger partial charge is 0.494 e. The smallest absolute Gasteiger partial charge is 0.166 e. The summed E-state index contributed by atoms with van der Waals surface area (Å²) in [6.45, 7) is 1.67. The van der Waals surface area contributed by atoms with E-state index in [1.165, 1.54) is 10.3 Å². The molecule has 0 amide bonds. The lowest BCUT2D eigenvalue weighted by Crippen LogP contribution is -2.14. The third-order valence-corrected chi connectivity index (χ3v) is 5.23. The number of hydrogen-bond acceptors (Lipinski definition) is 5. The van der Waals surface area contributed by atoms with Crippen molar-refractivity contribution in [1.29, 1.82) is 0 Å². The van der Waals surface area contributed by atoms with Crippen molar-refractivity contribution in [3.05, 3.63) is 30.1 Å². The van der Waals surface area contributed by atoms with E-state index in [-0.39, 0.29) is 0 Å². The van der Waals surface area contributed by atoms with Gasteiger partial charge < -0.3 is 14.5 Å². The molecular weight excluding hydrogens is 298 g/mol. The molecule has 1 aliphatic heterocycles. The standard InChI is InChI=1S/C16H17N3O2S/c1-20-12-3-2-11(10-4-8-21-9-5-10)14-13(12)19-16(22-14)15-17-6-7-18-15/h2-3,6-7,10H,4-5,8-9H2,1H3,(H,17,18). The third kappa shape index (κ3) is 2.28. The van der Waals surface area contributed by atoms with Crippen LogP contribution in [-0.2, 0) is 4.74 Å². The molecule has 114 valence electrons. The maximum atomic E-state index is 5.49. The second-order valence-electron chi connectivity index (χ2n) is 5.38. The molecule has 0 spiro atoms. The highest BCUT2D eigenvalue weighted by atomic mass is 32.1. The summed E-state index contributed by atoms with van der Waals surface area (Å²) >= 11 is 1.68. The lowest BCUT2D eigenvalue weighted by atomic mass is 9.91. The molecular formula is C16H17N3O2S. The van der Waals surface area contributed by atoms with Gasteiger partial charge in [0, 0.05) is 25.6 Å². The van der Waals surface area contributed by atoms with Crippen LogP contribution >= 0.6 is 11.3 Å². The van der Waals surface area contributed by atoms with Gasteiger partial charge in [0.05, 0.1) is 11.8 Å². The second-order valence-corrected chi connectivity index (χ2v) is 6.38. The van der Waals surface area contributed by atoms with Crippen molar-refractivity contribution in [2.45, 2.75) is 18.8 Å². The highest BCUT2D eigenvalue weighted by Crippen LogP contribution is 2.41. The van der Waals surface area contributed by atoms with Crippen LogP contribution in [-0.4, -0.2) is 35.3 Å². The van der Waals surface area contributed by atoms with Crippen LogP contribution in [0.2, 0.25) is 0 Å². The van der Waals surface area contributed by atoms with Crippen molar-refractivity contribution in [2.24, 2.45) is 0 Å². The number of fused-ring (bicyclic) bond motifs is 1. The third-order valence-electron chi connectivity index (χ3n) is 4.12. The number of nitrogens with one attached hydrogen (secondary N) is 1. The summed E-state index contributed by atoms with van der Waals surface area (Å²) in [5.74, 6) is 2.16. The fraction of sp³-hybridized carbons (Fsp3) is 0.375. The van der Waals surface area contributed by atoms with Crippen molar-refractivity contribution >= 4 is 21.6 Å². The number of nitrogens with zero attached hydrogens (tertiary/aromatic N) is 2. The summed E-state index contributed by atoms with van der Waals surface area (Å²) in [5.41, 5.74) is 2.29. The van der Waals surface area contributed by atoms with Crippen LogP contribution in [0.15, 0.2) is 24.5 Å². The molecule has 1 aliphatic rings. The maximum absolute atomic E-state index is 5.49. The Kier molecular flexibility index (Phi) is 3.56. The number of H-pyrrole nitrogens is 1. The topological polar surface area (TPSA) is 60.0 Å². The minimum atomic E-state index is 0.534. The summed E-state index contributed by atoms with van der Waals surface area (Å²) in [4.78, 5) is 12.2. The molecule has 0 atom stereocenters. The van der Waals surface area contributed by atoms with Gasteiger partial charge in [0.15, 0.2) is 10.8 Å². The predicted molar refractivity (Wildman–Crippen MR) is 86.5 cm³/mol. The molecule has 5 nitrogen and oxygen atoms in total. The van der Waals surface area contributed by atoms with E-state index in [0.29, 0.717) is 5.92 Å². The number of rotatable bonds is 3. The van der Waals surface area contributed by atoms with E-state index < -0.39 is 0 Å². The van der Waals surface area contributed by atoms with Gasteiger partial charge in [0.2, 0.25) is 0 Å². The highest BCUT2D eigenvalue weighted by molar-refractivity contribution is 7.21. The van der Waals surface area contributed by atoms with Crippen molar-refractivity contribution < 1.29 is 9.47 Å². The van der Waals surface area contributed by atoms with Crippen LogP contribution in [0, 0.1) is 0 Å². The maximum Gasteiger partial charge on any atom is 0.166 e. The SMILES string of the molecule is COc1ccc(C2CCOCC2)c2sc(-c3ncc[nH]3)nc12. The molecule has 1 fully saturated rings. The van der Waals surface area contributed by atoms with Gasteiger partial charge in [-0.25, -0.2) is 9.97 Å². The van der Waals surface area contributed by atoms with E-state index in [1.807, 2.05) is 12.3 Å². The van der Waals surface area contributed by atoms with Crippen molar-refractivity contribution in [3.8, 4) is 16.6 Å². The Morgan fingerprint density at radius 1 is 1.32 bits per heavy atom. The molecule has 3 aromatic rings. The van der Waals surface area contributed by atoms with Crippen LogP contribution in [0.4, 0.5) is 0 Å². The predicted octanol–water partition coefficient (Wildman–Crippen LogP) is 3.59. The molecule has 0 saturated carbocycles. The number of aromatic amines is 1. The van der Waals surface area contributed by atoms with E-state index in [9.17, 15) is 0 Å². The zero-order valence-electron chi connectivity index (χ0n) is 12.3. The van der Waals surface area contributed by atoms with Crippen molar-refractivity contribution in [1.82, 2.24) is 15.0 Å². The minimum absolute atomic E-state index is 0.534. The van der Waals surface area contributed by atoms with Gasteiger partial charge in [-0.15, -0.1) is 11.3 Å².